The van der Waals surface area contributed by atoms with E-state index >= 15 is 0 Å². The number of nitrogens with zero attached hydrogens (tertiary/aromatic N) is 3. The van der Waals surface area contributed by atoms with E-state index in [1.165, 1.54) is 42.0 Å². The topological polar surface area (TPSA) is 82.6 Å². The molecule has 0 radical (unpaired) electrons. The van der Waals surface area contributed by atoms with Gasteiger partial charge in [0.25, 0.3) is 15.9 Å². The lowest BCUT2D eigenvalue weighted by molar-refractivity contribution is 0.0747. The number of piperazine rings is 1. The lowest BCUT2D eigenvalue weighted by Gasteiger charge is -2.36. The van der Waals surface area contributed by atoms with Gasteiger partial charge in [-0.15, -0.1) is 11.8 Å². The Labute approximate surface area is 253 Å². The Kier molecular flexibility index (Phi) is 9.90. The summed E-state index contributed by atoms with van der Waals surface area (Å²) in [5, 5.41) is 1.22. The third-order valence-corrected chi connectivity index (χ3v) is 10.7. The van der Waals surface area contributed by atoms with Gasteiger partial charge >= 0.3 is 0 Å². The zero-order valence-corrected chi connectivity index (χ0v) is 26.1. The van der Waals surface area contributed by atoms with Gasteiger partial charge in [0.15, 0.2) is 0 Å². The van der Waals surface area contributed by atoms with E-state index in [1.54, 1.807) is 43.5 Å². The van der Waals surface area contributed by atoms with Crippen molar-refractivity contribution < 1.29 is 13.2 Å². The monoisotopic (exact) mass is 604 g/mol. The molecule has 1 N–H and O–H groups in total. The number of carbonyl (C=O) groups excluding carboxylic acids is 1. The summed E-state index contributed by atoms with van der Waals surface area (Å²) < 4.78 is 28.8. The second-order valence-corrected chi connectivity index (χ2v) is 14.0. The van der Waals surface area contributed by atoms with E-state index in [1.807, 2.05) is 35.7 Å². The highest BCUT2D eigenvalue weighted by atomic mass is 32.2. The molecule has 2 aromatic carbocycles. The van der Waals surface area contributed by atoms with Crippen molar-refractivity contribution in [2.45, 2.75) is 50.8 Å². The van der Waals surface area contributed by atoms with Crippen molar-refractivity contribution in [1.29, 1.82) is 0 Å². The molecular weight excluding hydrogens is 565 g/mol. The lowest BCUT2D eigenvalue weighted by atomic mass is 9.84. The molecule has 0 atom stereocenters. The molecule has 2 heterocycles. The molecule has 7 nitrogen and oxygen atoms in total. The van der Waals surface area contributed by atoms with E-state index in [2.05, 4.69) is 38.9 Å². The van der Waals surface area contributed by atoms with Crippen LogP contribution in [0.5, 0.6) is 0 Å². The van der Waals surface area contributed by atoms with Crippen LogP contribution in [0.3, 0.4) is 0 Å². The molecule has 1 aromatic heterocycles. The summed E-state index contributed by atoms with van der Waals surface area (Å²) in [6, 6.07) is 19.1. The molecule has 5 rings (SSSR count). The summed E-state index contributed by atoms with van der Waals surface area (Å²) in [5.41, 5.74) is 2.14. The van der Waals surface area contributed by atoms with Gasteiger partial charge in [0.1, 0.15) is 0 Å². The number of carbonyl (C=O) groups is 1. The fourth-order valence-electron chi connectivity index (χ4n) is 5.36. The van der Waals surface area contributed by atoms with Gasteiger partial charge in [0.2, 0.25) is 0 Å². The van der Waals surface area contributed by atoms with E-state index in [0.717, 1.165) is 30.6 Å². The maximum Gasteiger partial charge on any atom is 0.259 e. The van der Waals surface area contributed by atoms with Crippen LogP contribution in [0.4, 0.5) is 11.4 Å². The number of nitrogens with one attached hydrogen (secondary N) is 1. The molecule has 0 unspecified atom stereocenters. The predicted molar refractivity (Wildman–Crippen MR) is 174 cm³/mol. The van der Waals surface area contributed by atoms with Gasteiger partial charge in [-0.3, -0.25) is 14.5 Å². The molecule has 42 heavy (non-hydrogen) atoms. The molecule has 9 heteroatoms. The largest absolute Gasteiger partial charge is 0.368 e. The number of sulfonamides is 1. The van der Waals surface area contributed by atoms with Crippen LogP contribution in [0, 0.1) is 5.92 Å². The molecule has 1 aliphatic carbocycles. The summed E-state index contributed by atoms with van der Waals surface area (Å²) in [4.78, 5) is 23.2. The normalized spacial score (nSPS) is 17.1. The zero-order chi connectivity index (χ0) is 29.5. The van der Waals surface area contributed by atoms with Crippen molar-refractivity contribution in [3.63, 3.8) is 0 Å². The molecule has 1 aliphatic heterocycles. The number of rotatable bonds is 10. The van der Waals surface area contributed by atoms with Crippen LogP contribution >= 0.6 is 11.8 Å². The molecule has 0 bridgehead atoms. The Morgan fingerprint density at radius 3 is 2.38 bits per heavy atom. The summed E-state index contributed by atoms with van der Waals surface area (Å²) in [5.74, 6) is 2.10. The van der Waals surface area contributed by atoms with Gasteiger partial charge < -0.3 is 9.80 Å². The molecule has 3 aromatic rings. The van der Waals surface area contributed by atoms with Crippen LogP contribution < -0.4 is 20.2 Å². The molecule has 222 valence electrons. The second kappa shape index (κ2) is 13.8. The Morgan fingerprint density at radius 1 is 1.02 bits per heavy atom. The third-order valence-electron chi connectivity index (χ3n) is 8.17. The van der Waals surface area contributed by atoms with E-state index in [4.69, 9.17) is 0 Å². The summed E-state index contributed by atoms with van der Waals surface area (Å²) in [6.45, 7) is 6.38. The SMILES string of the molecule is CC/C=c1/cccn/c1=C(/C)S(=O)(=O)Nc1ccc(C(=O)N2CCN(c3ccc(SCCC4CCC4)cc3)CC2)cc1. The summed E-state index contributed by atoms with van der Waals surface area (Å²) >= 11 is 1.95. The Bertz CT molecular complexity index is 1590. The Balaban J connectivity index is 1.15. The average molecular weight is 605 g/mol. The van der Waals surface area contributed by atoms with E-state index in [-0.39, 0.29) is 10.8 Å². The first-order valence-electron chi connectivity index (χ1n) is 14.9. The highest BCUT2D eigenvalue weighted by Crippen LogP contribution is 2.32. The van der Waals surface area contributed by atoms with Gasteiger partial charge in [-0.2, -0.15) is 0 Å². The number of amides is 1. The first-order valence-corrected chi connectivity index (χ1v) is 17.3. The number of hydrogen-bond donors (Lipinski definition) is 1. The molecule has 1 amide bonds. The van der Waals surface area contributed by atoms with Crippen molar-refractivity contribution >= 4 is 50.0 Å². The zero-order valence-electron chi connectivity index (χ0n) is 24.5. The minimum atomic E-state index is -3.82. The first kappa shape index (κ1) is 30.2. The number of aromatic nitrogens is 1. The molecular formula is C33H40N4O3S2. The van der Waals surface area contributed by atoms with Crippen LogP contribution in [-0.2, 0) is 10.0 Å². The quantitative estimate of drug-likeness (QED) is 0.325. The summed E-state index contributed by atoms with van der Waals surface area (Å²) in [7, 11) is -3.82. The third kappa shape index (κ3) is 7.36. The Hall–Kier alpha value is -3.30. The predicted octanol–water partition coefficient (Wildman–Crippen LogP) is 5.09. The van der Waals surface area contributed by atoms with E-state index in [9.17, 15) is 13.2 Å². The van der Waals surface area contributed by atoms with Gasteiger partial charge in [-0.25, -0.2) is 8.42 Å². The van der Waals surface area contributed by atoms with Crippen molar-refractivity contribution in [2.75, 3.05) is 41.6 Å². The van der Waals surface area contributed by atoms with Crippen LogP contribution in [0.1, 0.15) is 56.3 Å². The molecule has 1 saturated carbocycles. The Morgan fingerprint density at radius 2 is 1.74 bits per heavy atom. The minimum Gasteiger partial charge on any atom is -0.368 e. The van der Waals surface area contributed by atoms with Crippen LogP contribution in [0.2, 0.25) is 0 Å². The molecule has 1 saturated heterocycles. The number of pyridine rings is 1. The number of benzene rings is 2. The smallest absolute Gasteiger partial charge is 0.259 e. The fraction of sp³-hybridized carbons (Fsp3) is 0.394. The van der Waals surface area contributed by atoms with Crippen molar-refractivity contribution in [2.24, 2.45) is 5.92 Å². The molecule has 2 fully saturated rings. The van der Waals surface area contributed by atoms with Crippen molar-refractivity contribution in [3.05, 3.63) is 83.0 Å². The van der Waals surface area contributed by atoms with Crippen LogP contribution in [0.15, 0.2) is 71.8 Å². The maximum absolute atomic E-state index is 13.2. The van der Waals surface area contributed by atoms with E-state index in [0.29, 0.717) is 29.7 Å². The van der Waals surface area contributed by atoms with Crippen molar-refractivity contribution in [3.8, 4) is 0 Å². The lowest BCUT2D eigenvalue weighted by Crippen LogP contribution is -2.48. The van der Waals surface area contributed by atoms with Gasteiger partial charge in [0, 0.05) is 54.2 Å². The first-order chi connectivity index (χ1) is 20.3. The summed E-state index contributed by atoms with van der Waals surface area (Å²) in [6.07, 6.45) is 9.87. The molecule has 2 aliphatic rings. The minimum absolute atomic E-state index is 0.0433. The van der Waals surface area contributed by atoms with Gasteiger partial charge in [-0.05, 0) is 91.3 Å². The van der Waals surface area contributed by atoms with Crippen LogP contribution in [0.25, 0.3) is 11.0 Å². The van der Waals surface area contributed by atoms with Crippen molar-refractivity contribution in [1.82, 2.24) is 9.88 Å². The highest BCUT2D eigenvalue weighted by molar-refractivity contribution is 8.01. The number of thioether (sulfide) groups is 1. The van der Waals surface area contributed by atoms with Gasteiger partial charge in [0.05, 0.1) is 10.3 Å². The molecule has 0 spiro atoms. The maximum atomic E-state index is 13.2. The van der Waals surface area contributed by atoms with Crippen LogP contribution in [-0.4, -0.2) is 56.1 Å². The van der Waals surface area contributed by atoms with E-state index < -0.39 is 10.0 Å². The number of hydrogen-bond acceptors (Lipinski definition) is 6. The van der Waals surface area contributed by atoms with Gasteiger partial charge in [-0.1, -0.05) is 38.3 Å². The number of anilines is 2. The second-order valence-electron chi connectivity index (χ2n) is 11.0. The highest BCUT2D eigenvalue weighted by Gasteiger charge is 2.23. The standard InChI is InChI=1S/C33H40N4O3S2/c1-3-6-27-9-5-19-34-32(27)25(2)42(39,40)35-29-12-10-28(11-13-29)33(38)37-22-20-36(21-23-37)30-14-16-31(17-15-30)41-24-18-26-7-4-8-26/h5-6,9-17,19,26,35H,3-4,7-8,18,20-24H2,1-2H3/b27-6-,32-25-. The fourth-order valence-corrected chi connectivity index (χ4v) is 7.40. The average Bonchev–Trinajstić information content (AvgIpc) is 2.99.